The first kappa shape index (κ1) is 11.5. The van der Waals surface area contributed by atoms with Gasteiger partial charge in [0.1, 0.15) is 5.82 Å². The van der Waals surface area contributed by atoms with Crippen LogP contribution in [0.2, 0.25) is 0 Å². The van der Waals surface area contributed by atoms with Gasteiger partial charge in [-0.3, -0.25) is 4.79 Å². The average molecular weight is 210 g/mol. The van der Waals surface area contributed by atoms with Crippen molar-refractivity contribution in [3.05, 3.63) is 24.0 Å². The average Bonchev–Trinajstić information content (AvgIpc) is 2.22. The molecule has 3 nitrogen and oxygen atoms in total. The summed E-state index contributed by atoms with van der Waals surface area (Å²) in [6, 6.07) is 4.23. The third kappa shape index (κ3) is 2.94. The lowest BCUT2D eigenvalue weighted by Gasteiger charge is -2.10. The highest BCUT2D eigenvalue weighted by atomic mass is 19.1. The van der Waals surface area contributed by atoms with Crippen LogP contribution in [0.3, 0.4) is 0 Å². The van der Waals surface area contributed by atoms with Gasteiger partial charge in [-0.2, -0.15) is 0 Å². The molecule has 0 bridgehead atoms. The molecule has 0 fully saturated rings. The number of halogens is 1. The van der Waals surface area contributed by atoms with Crippen LogP contribution in [-0.4, -0.2) is 5.91 Å². The second-order valence-corrected chi connectivity index (χ2v) is 3.53. The molecule has 1 atom stereocenters. The normalized spacial score (nSPS) is 12.2. The summed E-state index contributed by atoms with van der Waals surface area (Å²) in [6.45, 7) is 3.75. The van der Waals surface area contributed by atoms with Crippen molar-refractivity contribution < 1.29 is 9.18 Å². The number of benzene rings is 1. The summed E-state index contributed by atoms with van der Waals surface area (Å²) in [5, 5.41) is 2.63. The Balaban J connectivity index is 2.73. The van der Waals surface area contributed by atoms with Gasteiger partial charge in [0.25, 0.3) is 0 Å². The Kier molecular flexibility index (Phi) is 3.66. The lowest BCUT2D eigenvalue weighted by molar-refractivity contribution is -0.119. The first-order valence-electron chi connectivity index (χ1n) is 4.90. The number of carbonyl (C=O) groups is 1. The molecular formula is C11H15FN2O. The molecule has 1 aromatic rings. The molecule has 0 saturated heterocycles. The highest BCUT2D eigenvalue weighted by Gasteiger charge is 2.10. The topological polar surface area (TPSA) is 55.1 Å². The minimum absolute atomic E-state index is 0.0781. The number of hydrogen-bond donors (Lipinski definition) is 2. The molecule has 15 heavy (non-hydrogen) atoms. The van der Waals surface area contributed by atoms with Crippen LogP contribution in [0.5, 0.6) is 0 Å². The molecule has 1 amide bonds. The molecule has 0 heterocycles. The predicted molar refractivity (Wildman–Crippen MR) is 58.9 cm³/mol. The summed E-state index contributed by atoms with van der Waals surface area (Å²) in [5.41, 5.74) is 5.83. The molecular weight excluding hydrogens is 195 g/mol. The Labute approximate surface area is 88.5 Å². The smallest absolute Gasteiger partial charge is 0.227 e. The molecule has 1 aromatic carbocycles. The van der Waals surface area contributed by atoms with Crippen molar-refractivity contribution in [2.45, 2.75) is 20.3 Å². The summed E-state index contributed by atoms with van der Waals surface area (Å²) >= 11 is 0. The van der Waals surface area contributed by atoms with Gasteiger partial charge in [-0.1, -0.05) is 13.8 Å². The molecule has 0 radical (unpaired) electrons. The first-order chi connectivity index (χ1) is 7.04. The van der Waals surface area contributed by atoms with E-state index in [1.165, 1.54) is 12.1 Å². The van der Waals surface area contributed by atoms with Crippen LogP contribution in [0.15, 0.2) is 18.2 Å². The number of nitrogens with one attached hydrogen (secondary N) is 1. The van der Waals surface area contributed by atoms with E-state index in [2.05, 4.69) is 5.32 Å². The lowest BCUT2D eigenvalue weighted by atomic mass is 10.1. The summed E-state index contributed by atoms with van der Waals surface area (Å²) < 4.78 is 13.0. The maximum Gasteiger partial charge on any atom is 0.227 e. The first-order valence-corrected chi connectivity index (χ1v) is 4.90. The Morgan fingerprint density at radius 1 is 1.60 bits per heavy atom. The van der Waals surface area contributed by atoms with Crippen molar-refractivity contribution in [1.82, 2.24) is 0 Å². The molecule has 3 N–H and O–H groups in total. The molecule has 1 unspecified atom stereocenters. The Hall–Kier alpha value is -1.58. The van der Waals surface area contributed by atoms with E-state index in [1.54, 1.807) is 6.07 Å². The molecule has 0 spiro atoms. The van der Waals surface area contributed by atoms with Gasteiger partial charge in [0.15, 0.2) is 0 Å². The van der Waals surface area contributed by atoms with E-state index in [9.17, 15) is 9.18 Å². The monoisotopic (exact) mass is 210 g/mol. The van der Waals surface area contributed by atoms with Crippen LogP contribution in [0.4, 0.5) is 15.8 Å². The van der Waals surface area contributed by atoms with Crippen molar-refractivity contribution in [1.29, 1.82) is 0 Å². The maximum atomic E-state index is 13.0. The number of nitrogens with two attached hydrogens (primary N) is 1. The van der Waals surface area contributed by atoms with Crippen LogP contribution >= 0.6 is 0 Å². The fourth-order valence-electron chi connectivity index (χ4n) is 1.06. The molecule has 82 valence electrons. The standard InChI is InChI=1S/C11H15FN2O/c1-3-7(2)11(15)14-8-4-5-10(13)9(12)6-8/h4-7H,3,13H2,1-2H3,(H,14,15). The molecule has 0 aliphatic heterocycles. The third-order valence-corrected chi connectivity index (χ3v) is 2.33. The van der Waals surface area contributed by atoms with Crippen molar-refractivity contribution in [2.75, 3.05) is 11.1 Å². The number of anilines is 2. The predicted octanol–water partition coefficient (Wildman–Crippen LogP) is 2.39. The van der Waals surface area contributed by atoms with Crippen LogP contribution in [0.25, 0.3) is 0 Å². The van der Waals surface area contributed by atoms with Gasteiger partial charge in [-0.15, -0.1) is 0 Å². The molecule has 0 aliphatic rings. The number of nitrogen functional groups attached to an aromatic ring is 1. The van der Waals surface area contributed by atoms with E-state index in [-0.39, 0.29) is 17.5 Å². The van der Waals surface area contributed by atoms with E-state index in [1.807, 2.05) is 13.8 Å². The second-order valence-electron chi connectivity index (χ2n) is 3.53. The quantitative estimate of drug-likeness (QED) is 0.752. The molecule has 0 aliphatic carbocycles. The number of hydrogen-bond acceptors (Lipinski definition) is 2. The van der Waals surface area contributed by atoms with Gasteiger partial charge < -0.3 is 11.1 Å². The molecule has 1 rings (SSSR count). The summed E-state index contributed by atoms with van der Waals surface area (Å²) in [7, 11) is 0. The SMILES string of the molecule is CCC(C)C(=O)Nc1ccc(N)c(F)c1. The number of carbonyl (C=O) groups excluding carboxylic acids is 1. The van der Waals surface area contributed by atoms with Crippen LogP contribution in [-0.2, 0) is 4.79 Å². The Bertz CT molecular complexity index is 366. The maximum absolute atomic E-state index is 13.0. The van der Waals surface area contributed by atoms with Gasteiger partial charge in [0.2, 0.25) is 5.91 Å². The fourth-order valence-corrected chi connectivity index (χ4v) is 1.06. The van der Waals surface area contributed by atoms with Crippen molar-refractivity contribution in [3.63, 3.8) is 0 Å². The van der Waals surface area contributed by atoms with Crippen LogP contribution in [0, 0.1) is 11.7 Å². The Morgan fingerprint density at radius 2 is 2.27 bits per heavy atom. The number of rotatable bonds is 3. The molecule has 0 saturated carbocycles. The zero-order valence-corrected chi connectivity index (χ0v) is 8.88. The Morgan fingerprint density at radius 3 is 2.80 bits per heavy atom. The summed E-state index contributed by atoms with van der Waals surface area (Å²) in [6.07, 6.45) is 0.753. The van der Waals surface area contributed by atoms with Gasteiger partial charge in [0.05, 0.1) is 5.69 Å². The van der Waals surface area contributed by atoms with Gasteiger partial charge >= 0.3 is 0 Å². The van der Waals surface area contributed by atoms with Crippen molar-refractivity contribution in [2.24, 2.45) is 5.92 Å². The summed E-state index contributed by atoms with van der Waals surface area (Å²) in [4.78, 5) is 11.5. The van der Waals surface area contributed by atoms with Crippen LogP contribution in [0.1, 0.15) is 20.3 Å². The third-order valence-electron chi connectivity index (χ3n) is 2.33. The lowest BCUT2D eigenvalue weighted by Crippen LogP contribution is -2.19. The van der Waals surface area contributed by atoms with Gasteiger partial charge in [-0.25, -0.2) is 4.39 Å². The van der Waals surface area contributed by atoms with E-state index in [0.29, 0.717) is 5.69 Å². The second kappa shape index (κ2) is 4.77. The van der Waals surface area contributed by atoms with E-state index in [0.717, 1.165) is 6.42 Å². The van der Waals surface area contributed by atoms with Crippen molar-refractivity contribution in [3.8, 4) is 0 Å². The fraction of sp³-hybridized carbons (Fsp3) is 0.364. The zero-order chi connectivity index (χ0) is 11.4. The largest absolute Gasteiger partial charge is 0.396 e. The van der Waals surface area contributed by atoms with E-state index in [4.69, 9.17) is 5.73 Å². The summed E-state index contributed by atoms with van der Waals surface area (Å²) in [5.74, 6) is -0.704. The van der Waals surface area contributed by atoms with Gasteiger partial charge in [-0.05, 0) is 24.6 Å². The van der Waals surface area contributed by atoms with E-state index < -0.39 is 5.82 Å². The molecule has 0 aromatic heterocycles. The minimum atomic E-state index is -0.517. The van der Waals surface area contributed by atoms with Crippen molar-refractivity contribution >= 4 is 17.3 Å². The van der Waals surface area contributed by atoms with Gasteiger partial charge in [0, 0.05) is 11.6 Å². The van der Waals surface area contributed by atoms with E-state index >= 15 is 0 Å². The number of amides is 1. The minimum Gasteiger partial charge on any atom is -0.396 e. The van der Waals surface area contributed by atoms with Crippen LogP contribution < -0.4 is 11.1 Å². The molecule has 4 heteroatoms. The zero-order valence-electron chi connectivity index (χ0n) is 8.88. The highest BCUT2D eigenvalue weighted by Crippen LogP contribution is 2.16. The highest BCUT2D eigenvalue weighted by molar-refractivity contribution is 5.92.